The van der Waals surface area contributed by atoms with Crippen LogP contribution >= 0.6 is 0 Å². The molecule has 0 bridgehead atoms. The van der Waals surface area contributed by atoms with E-state index in [4.69, 9.17) is 0 Å². The summed E-state index contributed by atoms with van der Waals surface area (Å²) in [5, 5.41) is 10.6. The van der Waals surface area contributed by atoms with Gasteiger partial charge in [0.1, 0.15) is 5.78 Å². The van der Waals surface area contributed by atoms with Gasteiger partial charge in [0.15, 0.2) is 11.6 Å². The summed E-state index contributed by atoms with van der Waals surface area (Å²) in [7, 11) is 0. The summed E-state index contributed by atoms with van der Waals surface area (Å²) in [5.74, 6) is 0.0378. The third-order valence-corrected chi connectivity index (χ3v) is 5.27. The number of hydrogen-bond donors (Lipinski definition) is 1. The molecule has 4 nitrogen and oxygen atoms in total. The minimum Gasteiger partial charge on any atom is -0.390 e. The number of aliphatic hydroxyl groups is 1. The van der Waals surface area contributed by atoms with Gasteiger partial charge in [0.25, 0.3) is 0 Å². The monoisotopic (exact) mass is 360 g/mol. The van der Waals surface area contributed by atoms with Crippen LogP contribution in [0.15, 0.2) is 33.9 Å². The molecule has 1 atom stereocenters. The van der Waals surface area contributed by atoms with Gasteiger partial charge in [-0.15, -0.1) is 0 Å². The predicted molar refractivity (Wildman–Crippen MR) is 104 cm³/mol. The lowest BCUT2D eigenvalue weighted by Gasteiger charge is -2.25. The van der Waals surface area contributed by atoms with E-state index in [1.165, 1.54) is 0 Å². The molecule has 0 aromatic heterocycles. The zero-order valence-electron chi connectivity index (χ0n) is 17.0. The summed E-state index contributed by atoms with van der Waals surface area (Å²) in [6, 6.07) is 0. The number of ketones is 3. The minimum atomic E-state index is -0.905. The van der Waals surface area contributed by atoms with Crippen LogP contribution in [0.25, 0.3) is 0 Å². The molecule has 144 valence electrons. The van der Waals surface area contributed by atoms with Crippen LogP contribution in [0.2, 0.25) is 0 Å². The quantitative estimate of drug-likeness (QED) is 0.488. The smallest absolute Gasteiger partial charge is 0.185 e. The zero-order valence-corrected chi connectivity index (χ0v) is 17.0. The molecule has 1 N–H and O–H groups in total. The Morgan fingerprint density at radius 2 is 1.54 bits per heavy atom. The van der Waals surface area contributed by atoms with Crippen LogP contribution in [0.4, 0.5) is 0 Å². The maximum atomic E-state index is 12.5. The van der Waals surface area contributed by atoms with Gasteiger partial charge < -0.3 is 9.90 Å². The second kappa shape index (κ2) is 9.22. The lowest BCUT2D eigenvalue weighted by atomic mass is 9.82. The van der Waals surface area contributed by atoms with Crippen molar-refractivity contribution in [2.24, 2.45) is 0 Å². The molecule has 0 aliphatic heterocycles. The van der Waals surface area contributed by atoms with Crippen LogP contribution in [0, 0.1) is 0 Å². The van der Waals surface area contributed by atoms with Crippen molar-refractivity contribution in [2.45, 2.75) is 85.7 Å². The SMILES string of the molecule is CC(=O)CC/C(C)=C/CC[C@@](C)(O)CCC1=C(C)C(=O)C(C)=C(C)C1=O. The number of hydrogen-bond acceptors (Lipinski definition) is 4. The zero-order chi connectivity index (χ0) is 20.1. The normalized spacial score (nSPS) is 18.5. The highest BCUT2D eigenvalue weighted by atomic mass is 16.3. The Labute approximate surface area is 157 Å². The lowest BCUT2D eigenvalue weighted by Crippen LogP contribution is -2.26. The fourth-order valence-corrected chi connectivity index (χ4v) is 3.08. The van der Waals surface area contributed by atoms with E-state index in [1.54, 1.807) is 34.6 Å². The van der Waals surface area contributed by atoms with Crippen LogP contribution in [-0.2, 0) is 14.4 Å². The van der Waals surface area contributed by atoms with Gasteiger partial charge in [0, 0.05) is 28.7 Å². The summed E-state index contributed by atoms with van der Waals surface area (Å²) in [6.45, 7) is 10.4. The Balaban J connectivity index is 2.63. The van der Waals surface area contributed by atoms with Crippen LogP contribution in [0.5, 0.6) is 0 Å². The molecule has 1 aliphatic rings. The molecule has 1 rings (SSSR count). The standard InChI is InChI=1S/C22H32O4/c1-14(9-10-15(2)23)8-7-12-22(6,26)13-11-19-18(5)20(24)16(3)17(4)21(19)25/h8,26H,7,9-13H2,1-6H3/b14-8+/t22-/m1/s1. The lowest BCUT2D eigenvalue weighted by molar-refractivity contribution is -0.117. The van der Waals surface area contributed by atoms with Crippen molar-refractivity contribution in [1.29, 1.82) is 0 Å². The first-order chi connectivity index (χ1) is 12.0. The van der Waals surface area contributed by atoms with E-state index in [0.717, 1.165) is 18.4 Å². The van der Waals surface area contributed by atoms with Gasteiger partial charge in [-0.1, -0.05) is 11.6 Å². The third-order valence-electron chi connectivity index (χ3n) is 5.27. The van der Waals surface area contributed by atoms with Crippen molar-refractivity contribution in [3.63, 3.8) is 0 Å². The predicted octanol–water partition coefficient (Wildman–Crippen LogP) is 4.42. The highest BCUT2D eigenvalue weighted by Crippen LogP contribution is 2.30. The average molecular weight is 360 g/mol. The number of Topliss-reactive ketones (excluding diaryl/α,β-unsaturated/α-hetero) is 3. The fraction of sp³-hybridized carbons (Fsp3) is 0.591. The van der Waals surface area contributed by atoms with Crippen molar-refractivity contribution in [3.05, 3.63) is 33.9 Å². The molecule has 4 heteroatoms. The average Bonchev–Trinajstić information content (AvgIpc) is 2.56. The van der Waals surface area contributed by atoms with Gasteiger partial charge in [-0.25, -0.2) is 0 Å². The van der Waals surface area contributed by atoms with Gasteiger partial charge >= 0.3 is 0 Å². The van der Waals surface area contributed by atoms with Crippen molar-refractivity contribution in [2.75, 3.05) is 0 Å². The van der Waals surface area contributed by atoms with Crippen molar-refractivity contribution >= 4 is 17.3 Å². The molecular formula is C22H32O4. The number of carbonyl (C=O) groups is 3. The van der Waals surface area contributed by atoms with Gasteiger partial charge in [-0.05, 0) is 73.6 Å². The van der Waals surface area contributed by atoms with E-state index in [1.807, 2.05) is 6.92 Å². The highest BCUT2D eigenvalue weighted by Gasteiger charge is 2.29. The molecule has 0 radical (unpaired) electrons. The third kappa shape index (κ3) is 6.17. The molecule has 0 saturated carbocycles. The minimum absolute atomic E-state index is 0.0687. The van der Waals surface area contributed by atoms with Crippen LogP contribution in [-0.4, -0.2) is 28.1 Å². The van der Waals surface area contributed by atoms with Crippen molar-refractivity contribution in [3.8, 4) is 0 Å². The van der Waals surface area contributed by atoms with E-state index in [2.05, 4.69) is 6.08 Å². The van der Waals surface area contributed by atoms with E-state index in [9.17, 15) is 19.5 Å². The van der Waals surface area contributed by atoms with Crippen molar-refractivity contribution < 1.29 is 19.5 Å². The first-order valence-electron chi connectivity index (χ1n) is 9.30. The summed E-state index contributed by atoms with van der Waals surface area (Å²) < 4.78 is 0. The highest BCUT2D eigenvalue weighted by molar-refractivity contribution is 6.24. The number of allylic oxidation sites excluding steroid dienone is 6. The molecule has 0 amide bonds. The number of carbonyl (C=O) groups excluding carboxylic acids is 3. The molecule has 0 aromatic rings. The Hall–Kier alpha value is -1.81. The van der Waals surface area contributed by atoms with E-state index in [0.29, 0.717) is 48.0 Å². The van der Waals surface area contributed by atoms with E-state index >= 15 is 0 Å². The largest absolute Gasteiger partial charge is 0.390 e. The molecule has 0 aromatic carbocycles. The van der Waals surface area contributed by atoms with Gasteiger partial charge in [0.05, 0.1) is 5.60 Å². The Morgan fingerprint density at radius 1 is 0.962 bits per heavy atom. The summed E-state index contributed by atoms with van der Waals surface area (Å²) in [6.07, 6.45) is 5.51. The first kappa shape index (κ1) is 22.2. The first-order valence-corrected chi connectivity index (χ1v) is 9.30. The fourth-order valence-electron chi connectivity index (χ4n) is 3.08. The van der Waals surface area contributed by atoms with Gasteiger partial charge in [-0.2, -0.15) is 0 Å². The maximum absolute atomic E-state index is 12.5. The molecule has 0 saturated heterocycles. The van der Waals surface area contributed by atoms with E-state index < -0.39 is 5.60 Å². The van der Waals surface area contributed by atoms with Gasteiger partial charge in [-0.3, -0.25) is 9.59 Å². The Morgan fingerprint density at radius 3 is 2.12 bits per heavy atom. The maximum Gasteiger partial charge on any atom is 0.185 e. The number of rotatable bonds is 9. The van der Waals surface area contributed by atoms with Crippen LogP contribution in [0.3, 0.4) is 0 Å². The Bertz CT molecular complexity index is 687. The van der Waals surface area contributed by atoms with Crippen LogP contribution < -0.4 is 0 Å². The van der Waals surface area contributed by atoms with Gasteiger partial charge in [0.2, 0.25) is 0 Å². The summed E-state index contributed by atoms with van der Waals surface area (Å²) >= 11 is 0. The molecule has 0 fully saturated rings. The molecule has 26 heavy (non-hydrogen) atoms. The van der Waals surface area contributed by atoms with Crippen molar-refractivity contribution in [1.82, 2.24) is 0 Å². The van der Waals surface area contributed by atoms with E-state index in [-0.39, 0.29) is 17.3 Å². The topological polar surface area (TPSA) is 71.4 Å². The second-order valence-electron chi connectivity index (χ2n) is 7.80. The molecule has 0 heterocycles. The second-order valence-corrected chi connectivity index (χ2v) is 7.80. The molecule has 1 aliphatic carbocycles. The Kier molecular flexibility index (Phi) is 7.88. The summed E-state index contributed by atoms with van der Waals surface area (Å²) in [5.41, 5.74) is 2.32. The molecule has 0 unspecified atom stereocenters. The summed E-state index contributed by atoms with van der Waals surface area (Å²) in [4.78, 5) is 35.7. The molecular weight excluding hydrogens is 328 g/mol. The molecule has 0 spiro atoms. The van der Waals surface area contributed by atoms with Crippen LogP contribution in [0.1, 0.15) is 80.1 Å².